The third-order valence-electron chi connectivity index (χ3n) is 3.25. The standard InChI is InChI=1S/C19H15N2O2.3C2H3N.Os/c1-2-23-19(22)15-12-17(14-8-4-3-5-9-14)21-18(13-15)16-10-6-7-11-20-16;3*1-2-3;/h3-8,10-13H,2H2,1H3;3*1H3;/q-1;;;;+1. The van der Waals surface area contributed by atoms with Crippen LogP contribution in [0.3, 0.4) is 0 Å². The summed E-state index contributed by atoms with van der Waals surface area (Å²) in [5.74, 6) is -0.371. The van der Waals surface area contributed by atoms with Gasteiger partial charge in [-0.3, -0.25) is 9.97 Å². The molecule has 0 bridgehead atoms. The summed E-state index contributed by atoms with van der Waals surface area (Å²) in [7, 11) is 0. The quantitative estimate of drug-likeness (QED) is 0.285. The van der Waals surface area contributed by atoms with Gasteiger partial charge in [0.15, 0.2) is 0 Å². The molecule has 2 aromatic heterocycles. The Hall–Kier alpha value is -3.90. The molecular formula is C25H24N5O2Os. The smallest absolute Gasteiger partial charge is 0.462 e. The van der Waals surface area contributed by atoms with Gasteiger partial charge in [-0.15, -0.1) is 35.9 Å². The van der Waals surface area contributed by atoms with Gasteiger partial charge in [-0.25, -0.2) is 4.79 Å². The van der Waals surface area contributed by atoms with E-state index in [1.807, 2.05) is 42.5 Å². The van der Waals surface area contributed by atoms with Crippen molar-refractivity contribution in [2.75, 3.05) is 6.61 Å². The Balaban J connectivity index is 0. The first-order chi connectivity index (χ1) is 15.5. The molecule has 0 fully saturated rings. The van der Waals surface area contributed by atoms with Crippen molar-refractivity contribution in [2.24, 2.45) is 0 Å². The fourth-order valence-electron chi connectivity index (χ4n) is 2.20. The van der Waals surface area contributed by atoms with Crippen molar-refractivity contribution in [1.29, 1.82) is 15.8 Å². The first-order valence-electron chi connectivity index (χ1n) is 9.52. The molecule has 0 aliphatic heterocycles. The maximum atomic E-state index is 12.1. The van der Waals surface area contributed by atoms with Crippen LogP contribution < -0.4 is 0 Å². The first kappa shape index (κ1) is 31.3. The minimum atomic E-state index is -0.371. The third kappa shape index (κ3) is 12.5. The van der Waals surface area contributed by atoms with Crippen molar-refractivity contribution < 1.29 is 29.3 Å². The number of ether oxygens (including phenoxy) is 1. The number of carbonyl (C=O) groups is 1. The van der Waals surface area contributed by atoms with Crippen molar-refractivity contribution in [3.8, 4) is 40.9 Å². The van der Waals surface area contributed by atoms with Gasteiger partial charge in [0.1, 0.15) is 0 Å². The Morgan fingerprint density at radius 2 is 1.52 bits per heavy atom. The molecule has 0 amide bonds. The molecule has 2 heterocycles. The number of aromatic nitrogens is 2. The first-order valence-corrected chi connectivity index (χ1v) is 9.52. The number of benzene rings is 1. The topological polar surface area (TPSA) is 123 Å². The summed E-state index contributed by atoms with van der Waals surface area (Å²) >= 11 is 0. The van der Waals surface area contributed by atoms with Crippen LogP contribution >= 0.6 is 0 Å². The summed E-state index contributed by atoms with van der Waals surface area (Å²) in [6.45, 7) is 6.40. The molecule has 0 saturated heterocycles. The number of hydrogen-bond acceptors (Lipinski definition) is 7. The maximum absolute atomic E-state index is 12.1. The molecule has 7 nitrogen and oxygen atoms in total. The number of carbonyl (C=O) groups excluding carboxylic acids is 1. The van der Waals surface area contributed by atoms with E-state index >= 15 is 0 Å². The van der Waals surface area contributed by atoms with E-state index < -0.39 is 0 Å². The fourth-order valence-corrected chi connectivity index (χ4v) is 2.20. The molecule has 3 rings (SSSR count). The second-order valence-corrected chi connectivity index (χ2v) is 5.51. The van der Waals surface area contributed by atoms with Crippen LogP contribution in [0.4, 0.5) is 0 Å². The Bertz CT molecular complexity index is 984. The normalized spacial score (nSPS) is 7.91. The molecule has 0 spiro atoms. The van der Waals surface area contributed by atoms with Crippen molar-refractivity contribution in [3.63, 3.8) is 0 Å². The molecule has 3 aromatic rings. The van der Waals surface area contributed by atoms with Gasteiger partial charge in [0.05, 0.1) is 41.8 Å². The maximum Gasteiger partial charge on any atom is 1.00 e. The van der Waals surface area contributed by atoms with Gasteiger partial charge in [-0.2, -0.15) is 15.8 Å². The van der Waals surface area contributed by atoms with E-state index in [1.165, 1.54) is 20.8 Å². The Labute approximate surface area is 208 Å². The Morgan fingerprint density at radius 1 is 0.939 bits per heavy atom. The second-order valence-electron chi connectivity index (χ2n) is 5.51. The molecule has 0 saturated carbocycles. The van der Waals surface area contributed by atoms with E-state index in [-0.39, 0.29) is 25.8 Å². The summed E-state index contributed by atoms with van der Waals surface area (Å²) in [6, 6.07) is 24.9. The zero-order valence-corrected chi connectivity index (χ0v) is 21.4. The predicted octanol–water partition coefficient (Wildman–Crippen LogP) is 5.37. The van der Waals surface area contributed by atoms with Gasteiger partial charge >= 0.3 is 25.8 Å². The van der Waals surface area contributed by atoms with Gasteiger partial charge in [0, 0.05) is 27.0 Å². The summed E-state index contributed by atoms with van der Waals surface area (Å²) in [4.78, 5) is 21.1. The van der Waals surface area contributed by atoms with Gasteiger partial charge in [-0.05, 0) is 30.8 Å². The fraction of sp³-hybridized carbons (Fsp3) is 0.200. The van der Waals surface area contributed by atoms with Crippen molar-refractivity contribution in [3.05, 3.63) is 72.4 Å². The molecule has 169 valence electrons. The van der Waals surface area contributed by atoms with Crippen LogP contribution in [0.15, 0.2) is 60.8 Å². The summed E-state index contributed by atoms with van der Waals surface area (Å²) in [6.07, 6.45) is 1.70. The molecule has 0 unspecified atom stereocenters. The van der Waals surface area contributed by atoms with Crippen LogP contribution in [0.5, 0.6) is 0 Å². The molecule has 1 radical (unpaired) electrons. The Kier molecular flexibility index (Phi) is 19.0. The van der Waals surface area contributed by atoms with E-state index in [0.29, 0.717) is 29.3 Å². The van der Waals surface area contributed by atoms with Crippen LogP contribution in [-0.4, -0.2) is 22.5 Å². The second kappa shape index (κ2) is 20.0. The number of hydrogen-bond donors (Lipinski definition) is 0. The number of esters is 1. The van der Waals surface area contributed by atoms with E-state index in [9.17, 15) is 4.79 Å². The molecule has 0 aliphatic carbocycles. The van der Waals surface area contributed by atoms with Crippen LogP contribution in [-0.2, 0) is 24.5 Å². The molecule has 33 heavy (non-hydrogen) atoms. The SMILES string of the molecule is CC#N.CC#N.CC#N.CCOC(=O)c1cc(-c2[c-]cccc2)nc(-c2ccccn2)c1.[Os+]. The van der Waals surface area contributed by atoms with Gasteiger partial charge in [0.2, 0.25) is 0 Å². The zero-order chi connectivity index (χ0) is 24.2. The molecule has 1 aromatic carbocycles. The van der Waals surface area contributed by atoms with Crippen LogP contribution in [0.1, 0.15) is 38.1 Å². The van der Waals surface area contributed by atoms with Gasteiger partial charge in [-0.1, -0.05) is 12.1 Å². The molecule has 0 N–H and O–H groups in total. The third-order valence-corrected chi connectivity index (χ3v) is 3.25. The van der Waals surface area contributed by atoms with E-state index in [1.54, 1.807) is 43.5 Å². The summed E-state index contributed by atoms with van der Waals surface area (Å²) in [5, 5.41) is 22.0. The average Bonchev–Trinajstić information content (AvgIpc) is 2.82. The summed E-state index contributed by atoms with van der Waals surface area (Å²) < 4.78 is 5.11. The van der Waals surface area contributed by atoms with Crippen LogP contribution in [0.2, 0.25) is 0 Å². The molecular weight excluding hydrogens is 593 g/mol. The minimum absolute atomic E-state index is 0. The van der Waals surface area contributed by atoms with Crippen molar-refractivity contribution in [1.82, 2.24) is 9.97 Å². The van der Waals surface area contributed by atoms with E-state index in [4.69, 9.17) is 20.5 Å². The largest absolute Gasteiger partial charge is 1.00 e. The van der Waals surface area contributed by atoms with Crippen LogP contribution in [0, 0.1) is 40.1 Å². The number of pyridine rings is 2. The van der Waals surface area contributed by atoms with E-state index in [0.717, 1.165) is 5.56 Å². The number of rotatable bonds is 4. The van der Waals surface area contributed by atoms with Gasteiger partial charge < -0.3 is 4.74 Å². The van der Waals surface area contributed by atoms with Crippen LogP contribution in [0.25, 0.3) is 22.6 Å². The molecule has 0 atom stereocenters. The number of nitriles is 3. The van der Waals surface area contributed by atoms with Crippen molar-refractivity contribution >= 4 is 5.97 Å². The molecule has 0 aliphatic rings. The summed E-state index contributed by atoms with van der Waals surface area (Å²) in [5.41, 5.74) is 3.27. The predicted molar refractivity (Wildman–Crippen MR) is 122 cm³/mol. The number of nitrogens with zero attached hydrogens (tertiary/aromatic N) is 5. The zero-order valence-electron chi connectivity index (χ0n) is 18.9. The Morgan fingerprint density at radius 3 is 2.00 bits per heavy atom. The minimum Gasteiger partial charge on any atom is -0.462 e. The van der Waals surface area contributed by atoms with Gasteiger partial charge in [0.25, 0.3) is 0 Å². The average molecular weight is 617 g/mol. The van der Waals surface area contributed by atoms with E-state index in [2.05, 4.69) is 16.0 Å². The molecule has 8 heteroatoms. The monoisotopic (exact) mass is 618 g/mol. The van der Waals surface area contributed by atoms with Crippen molar-refractivity contribution in [2.45, 2.75) is 27.7 Å².